The Morgan fingerprint density at radius 3 is 2.71 bits per heavy atom. The van der Waals surface area contributed by atoms with Gasteiger partial charge in [0.25, 0.3) is 5.91 Å². The predicted octanol–water partition coefficient (Wildman–Crippen LogP) is 3.74. The first-order valence-electron chi connectivity index (χ1n) is 6.78. The number of hydrogen-bond acceptors (Lipinski definition) is 2. The summed E-state index contributed by atoms with van der Waals surface area (Å²) in [7, 11) is 1.59. The summed E-state index contributed by atoms with van der Waals surface area (Å²) in [5.41, 5.74) is 3.08. The van der Waals surface area contributed by atoms with Gasteiger partial charge in [-0.2, -0.15) is 0 Å². The second-order valence-electron chi connectivity index (χ2n) is 4.78. The van der Waals surface area contributed by atoms with Crippen molar-refractivity contribution in [2.75, 3.05) is 13.7 Å². The minimum atomic E-state index is -0.102. The van der Waals surface area contributed by atoms with Crippen LogP contribution in [-0.2, 0) is 6.42 Å². The van der Waals surface area contributed by atoms with Crippen molar-refractivity contribution in [3.05, 3.63) is 63.6 Å². The number of benzene rings is 2. The fraction of sp³-hybridized carbons (Fsp3) is 0.235. The number of methoxy groups -OCH3 is 1. The molecule has 3 nitrogen and oxygen atoms in total. The highest BCUT2D eigenvalue weighted by atomic mass is 79.9. The topological polar surface area (TPSA) is 38.3 Å². The quantitative estimate of drug-likeness (QED) is 0.894. The van der Waals surface area contributed by atoms with E-state index < -0.39 is 0 Å². The Kier molecular flexibility index (Phi) is 5.39. The van der Waals surface area contributed by atoms with E-state index in [1.807, 2.05) is 24.3 Å². The van der Waals surface area contributed by atoms with Crippen LogP contribution in [0.1, 0.15) is 21.5 Å². The van der Waals surface area contributed by atoms with Gasteiger partial charge < -0.3 is 10.1 Å². The summed E-state index contributed by atoms with van der Waals surface area (Å²) >= 11 is 3.39. The molecule has 0 saturated carbocycles. The van der Waals surface area contributed by atoms with E-state index in [1.165, 1.54) is 11.1 Å². The van der Waals surface area contributed by atoms with E-state index >= 15 is 0 Å². The van der Waals surface area contributed by atoms with Gasteiger partial charge in [0.2, 0.25) is 0 Å². The second-order valence-corrected chi connectivity index (χ2v) is 5.63. The molecule has 0 saturated heterocycles. The number of aryl methyl sites for hydroxylation is 1. The van der Waals surface area contributed by atoms with Gasteiger partial charge in [0.15, 0.2) is 0 Å². The van der Waals surface area contributed by atoms with Crippen LogP contribution in [0.5, 0.6) is 5.75 Å². The van der Waals surface area contributed by atoms with E-state index in [1.54, 1.807) is 13.2 Å². The average Bonchev–Trinajstić information content (AvgIpc) is 2.49. The summed E-state index contributed by atoms with van der Waals surface area (Å²) in [6.07, 6.45) is 0.819. The third kappa shape index (κ3) is 4.08. The Hall–Kier alpha value is -1.81. The van der Waals surface area contributed by atoms with Gasteiger partial charge in [-0.3, -0.25) is 4.79 Å². The van der Waals surface area contributed by atoms with Crippen LogP contribution in [0.15, 0.2) is 46.9 Å². The molecule has 2 aromatic rings. The van der Waals surface area contributed by atoms with Crippen molar-refractivity contribution in [1.29, 1.82) is 0 Å². The highest BCUT2D eigenvalue weighted by Gasteiger charge is 2.11. The fourth-order valence-corrected chi connectivity index (χ4v) is 2.53. The summed E-state index contributed by atoms with van der Waals surface area (Å²) in [5, 5.41) is 2.94. The van der Waals surface area contributed by atoms with Crippen LogP contribution in [0.2, 0.25) is 0 Å². The van der Waals surface area contributed by atoms with Gasteiger partial charge in [-0.25, -0.2) is 0 Å². The van der Waals surface area contributed by atoms with Crippen molar-refractivity contribution >= 4 is 21.8 Å². The minimum absolute atomic E-state index is 0.102. The van der Waals surface area contributed by atoms with Crippen molar-refractivity contribution in [2.45, 2.75) is 13.3 Å². The van der Waals surface area contributed by atoms with Crippen molar-refractivity contribution < 1.29 is 9.53 Å². The molecule has 0 unspecified atom stereocenters. The molecule has 2 aromatic carbocycles. The molecule has 0 heterocycles. The third-order valence-corrected chi connectivity index (χ3v) is 4.05. The Morgan fingerprint density at radius 1 is 1.24 bits per heavy atom. The lowest BCUT2D eigenvalue weighted by molar-refractivity contribution is 0.0953. The summed E-state index contributed by atoms with van der Waals surface area (Å²) < 4.78 is 5.91. The Bertz CT molecular complexity index is 640. The van der Waals surface area contributed by atoms with Crippen molar-refractivity contribution in [3.8, 4) is 5.75 Å². The van der Waals surface area contributed by atoms with E-state index in [9.17, 15) is 4.79 Å². The molecule has 2 rings (SSSR count). The molecule has 1 amide bonds. The van der Waals surface area contributed by atoms with E-state index in [2.05, 4.69) is 40.3 Å². The van der Waals surface area contributed by atoms with Crippen molar-refractivity contribution in [1.82, 2.24) is 5.32 Å². The van der Waals surface area contributed by atoms with E-state index in [-0.39, 0.29) is 5.91 Å². The normalized spacial score (nSPS) is 10.2. The van der Waals surface area contributed by atoms with Crippen LogP contribution in [0.3, 0.4) is 0 Å². The van der Waals surface area contributed by atoms with Crippen LogP contribution < -0.4 is 10.1 Å². The van der Waals surface area contributed by atoms with Crippen LogP contribution in [0.25, 0.3) is 0 Å². The lowest BCUT2D eigenvalue weighted by atomic mass is 10.1. The number of hydrogen-bond donors (Lipinski definition) is 1. The van der Waals surface area contributed by atoms with Gasteiger partial charge in [0.1, 0.15) is 5.75 Å². The number of amides is 1. The summed E-state index contributed by atoms with van der Waals surface area (Å²) in [5.74, 6) is 0.566. The largest absolute Gasteiger partial charge is 0.497 e. The van der Waals surface area contributed by atoms with Gasteiger partial charge in [-0.05, 0) is 58.6 Å². The van der Waals surface area contributed by atoms with Crippen LogP contribution in [0, 0.1) is 6.92 Å². The molecular formula is C17H18BrNO2. The molecule has 0 radical (unpaired) electrons. The second kappa shape index (κ2) is 7.27. The maximum Gasteiger partial charge on any atom is 0.252 e. The zero-order valence-corrected chi connectivity index (χ0v) is 13.7. The highest BCUT2D eigenvalue weighted by Crippen LogP contribution is 2.22. The van der Waals surface area contributed by atoms with E-state index in [0.29, 0.717) is 17.9 Å². The van der Waals surface area contributed by atoms with Crippen molar-refractivity contribution in [3.63, 3.8) is 0 Å². The molecule has 21 heavy (non-hydrogen) atoms. The fourth-order valence-electron chi connectivity index (χ4n) is 2.10. The molecule has 0 atom stereocenters. The number of rotatable bonds is 5. The monoisotopic (exact) mass is 347 g/mol. The zero-order chi connectivity index (χ0) is 15.2. The summed E-state index contributed by atoms with van der Waals surface area (Å²) in [6.45, 7) is 2.68. The molecule has 0 aromatic heterocycles. The third-order valence-electron chi connectivity index (χ3n) is 3.36. The van der Waals surface area contributed by atoms with E-state index in [0.717, 1.165) is 10.9 Å². The molecule has 110 valence electrons. The first-order chi connectivity index (χ1) is 10.1. The molecule has 0 spiro atoms. The molecule has 0 aliphatic heterocycles. The lowest BCUT2D eigenvalue weighted by Gasteiger charge is -2.09. The number of carbonyl (C=O) groups is 1. The Labute approximate surface area is 133 Å². The lowest BCUT2D eigenvalue weighted by Crippen LogP contribution is -2.26. The Balaban J connectivity index is 1.98. The molecule has 0 aliphatic carbocycles. The summed E-state index contributed by atoms with van der Waals surface area (Å²) in [4.78, 5) is 12.2. The molecule has 1 N–H and O–H groups in total. The van der Waals surface area contributed by atoms with Crippen molar-refractivity contribution in [2.24, 2.45) is 0 Å². The first kappa shape index (κ1) is 15.6. The number of nitrogens with one attached hydrogen (secondary N) is 1. The number of halogens is 1. The Morgan fingerprint density at radius 2 is 2.00 bits per heavy atom. The highest BCUT2D eigenvalue weighted by molar-refractivity contribution is 9.10. The number of carbonyl (C=O) groups excluding carboxylic acids is 1. The van der Waals surface area contributed by atoms with Crippen LogP contribution in [0.4, 0.5) is 0 Å². The van der Waals surface area contributed by atoms with Gasteiger partial charge in [0.05, 0.1) is 12.7 Å². The standard InChI is InChI=1S/C17H18BrNO2/c1-12-5-3-4-6-13(12)9-10-19-17(20)15-11-14(21-2)7-8-16(15)18/h3-8,11H,9-10H2,1-2H3,(H,19,20). The first-order valence-corrected chi connectivity index (χ1v) is 7.57. The SMILES string of the molecule is COc1ccc(Br)c(C(=O)NCCc2ccccc2C)c1. The molecular weight excluding hydrogens is 330 g/mol. The molecule has 0 fully saturated rings. The van der Waals surface area contributed by atoms with Gasteiger partial charge >= 0.3 is 0 Å². The molecule has 0 aliphatic rings. The maximum absolute atomic E-state index is 12.2. The smallest absolute Gasteiger partial charge is 0.252 e. The van der Waals surface area contributed by atoms with Gasteiger partial charge in [-0.15, -0.1) is 0 Å². The van der Waals surface area contributed by atoms with E-state index in [4.69, 9.17) is 4.74 Å². The molecule has 0 bridgehead atoms. The van der Waals surface area contributed by atoms with Crippen LogP contribution in [-0.4, -0.2) is 19.6 Å². The van der Waals surface area contributed by atoms with Gasteiger partial charge in [-0.1, -0.05) is 24.3 Å². The minimum Gasteiger partial charge on any atom is -0.497 e. The maximum atomic E-state index is 12.2. The zero-order valence-electron chi connectivity index (χ0n) is 12.2. The van der Waals surface area contributed by atoms with Gasteiger partial charge in [0, 0.05) is 11.0 Å². The predicted molar refractivity (Wildman–Crippen MR) is 87.9 cm³/mol. The molecule has 4 heteroatoms. The number of ether oxygens (including phenoxy) is 1. The van der Waals surface area contributed by atoms with Crippen LogP contribution >= 0.6 is 15.9 Å². The summed E-state index contributed by atoms with van der Waals surface area (Å²) in [6, 6.07) is 13.6. The average molecular weight is 348 g/mol.